The number of ether oxygens (including phenoxy) is 1. The van der Waals surface area contributed by atoms with E-state index in [0.29, 0.717) is 31.1 Å². The van der Waals surface area contributed by atoms with Gasteiger partial charge >= 0.3 is 6.09 Å². The number of primary sulfonamides is 1. The van der Waals surface area contributed by atoms with Crippen LogP contribution in [0.5, 0.6) is 0 Å². The Morgan fingerprint density at radius 2 is 0.952 bits per heavy atom. The highest BCUT2D eigenvalue weighted by atomic mass is 32.2. The number of hydrogen-bond acceptors (Lipinski definition) is 8. The Hall–Kier alpha value is -7.26. The molecule has 9 aromatic rings. The molecule has 8 aromatic carbocycles. The van der Waals surface area contributed by atoms with Crippen LogP contribution in [0.2, 0.25) is 0 Å². The van der Waals surface area contributed by atoms with Crippen LogP contribution in [0, 0.1) is 5.82 Å². The van der Waals surface area contributed by atoms with E-state index in [1.165, 1.54) is 57.6 Å². The second-order valence-electron chi connectivity index (χ2n) is 21.7. The molecule has 9 rings (SSSR count). The molecule has 2 N–H and O–H groups in total. The summed E-state index contributed by atoms with van der Waals surface area (Å²) in [6.45, 7) is 9.04. The van der Waals surface area contributed by atoms with E-state index in [-0.39, 0.29) is 16.8 Å². The Bertz CT molecular complexity index is 3340. The first-order valence-electron chi connectivity index (χ1n) is 28.5. The highest BCUT2D eigenvalue weighted by Gasteiger charge is 2.39. The number of benzene rings is 8. The number of amides is 1. The number of sulfonamides is 1. The fourth-order valence-corrected chi connectivity index (χ4v) is 14.3. The van der Waals surface area contributed by atoms with Crippen molar-refractivity contribution < 1.29 is 22.3 Å². The molecule has 0 spiro atoms. The van der Waals surface area contributed by atoms with Gasteiger partial charge in [-0.05, 0) is 135 Å². The van der Waals surface area contributed by atoms with Gasteiger partial charge in [0.05, 0.1) is 31.5 Å². The Balaban J connectivity index is 0.948. The van der Waals surface area contributed by atoms with Crippen molar-refractivity contribution >= 4 is 39.6 Å². The maximum atomic E-state index is 14.5. The number of aryl methyl sites for hydroxylation is 1. The molecule has 1 amide bonds. The van der Waals surface area contributed by atoms with Gasteiger partial charge in [0.15, 0.2) is 0 Å². The van der Waals surface area contributed by atoms with E-state index in [4.69, 9.17) is 15.0 Å². The molecular formula is C70H74FN5O4S3. The zero-order valence-electron chi connectivity index (χ0n) is 47.6. The lowest BCUT2D eigenvalue weighted by atomic mass is 9.84. The highest BCUT2D eigenvalue weighted by molar-refractivity contribution is 8.00. The molecule has 0 radical (unpaired) electrons. The van der Waals surface area contributed by atoms with Crippen LogP contribution in [0.15, 0.2) is 241 Å². The first-order chi connectivity index (χ1) is 40.2. The van der Waals surface area contributed by atoms with E-state index in [1.807, 2.05) is 55.3 Å². The number of nitrogens with zero attached hydrogens (tertiary/aromatic N) is 4. The number of aromatic nitrogens is 2. The van der Waals surface area contributed by atoms with Crippen LogP contribution in [0.25, 0.3) is 16.9 Å². The van der Waals surface area contributed by atoms with Crippen molar-refractivity contribution in [1.82, 2.24) is 19.6 Å². The van der Waals surface area contributed by atoms with Crippen LogP contribution in [-0.4, -0.2) is 83.9 Å². The molecule has 0 fully saturated rings. The number of carbonyl (C=O) groups excluding carboxylic acids is 1. The van der Waals surface area contributed by atoms with Crippen molar-refractivity contribution in [3.8, 4) is 16.9 Å². The van der Waals surface area contributed by atoms with Crippen molar-refractivity contribution in [2.75, 3.05) is 44.2 Å². The van der Waals surface area contributed by atoms with E-state index in [2.05, 4.69) is 187 Å². The van der Waals surface area contributed by atoms with Crippen molar-refractivity contribution in [2.45, 2.75) is 72.9 Å². The first kappa shape index (κ1) is 60.3. The van der Waals surface area contributed by atoms with Gasteiger partial charge < -0.3 is 14.5 Å². The fourth-order valence-electron chi connectivity index (χ4n) is 10.7. The van der Waals surface area contributed by atoms with E-state index < -0.39 is 25.1 Å². The van der Waals surface area contributed by atoms with Gasteiger partial charge in [0.1, 0.15) is 11.4 Å². The minimum absolute atomic E-state index is 0.0113. The number of thioether (sulfide) groups is 2. The molecule has 428 valence electrons. The average Bonchev–Trinajstić information content (AvgIpc) is 3.39. The smallest absolute Gasteiger partial charge is 0.410 e. The molecule has 83 heavy (non-hydrogen) atoms. The first-order valence-corrected chi connectivity index (χ1v) is 32.0. The number of nitrogens with two attached hydrogens (primary N) is 1. The predicted molar refractivity (Wildman–Crippen MR) is 340 cm³/mol. The molecule has 0 unspecified atom stereocenters. The molecule has 1 aromatic heterocycles. The monoisotopic (exact) mass is 1160 g/mol. The zero-order chi connectivity index (χ0) is 58.1. The molecule has 0 bridgehead atoms. The summed E-state index contributed by atoms with van der Waals surface area (Å²) in [6, 6.07) is 79.1. The molecule has 0 aliphatic rings. The maximum Gasteiger partial charge on any atom is 0.410 e. The lowest BCUT2D eigenvalue weighted by Gasteiger charge is -2.37. The quantitative estimate of drug-likeness (QED) is 0.0400. The third kappa shape index (κ3) is 15.5. The van der Waals surface area contributed by atoms with Crippen LogP contribution < -0.4 is 5.14 Å². The summed E-state index contributed by atoms with van der Waals surface area (Å²) in [6.07, 6.45) is 4.21. The summed E-state index contributed by atoms with van der Waals surface area (Å²) >= 11 is 3.80. The number of carbonyl (C=O) groups is 1. The lowest BCUT2D eigenvalue weighted by molar-refractivity contribution is 0.0245. The van der Waals surface area contributed by atoms with Gasteiger partial charge in [-0.15, -0.1) is 23.5 Å². The molecule has 0 saturated heterocycles. The number of unbranched alkanes of at least 4 members (excludes halogenated alkanes) is 3. The summed E-state index contributed by atoms with van der Waals surface area (Å²) in [5.74, 6) is 1.13. The van der Waals surface area contributed by atoms with Gasteiger partial charge in [-0.1, -0.05) is 195 Å². The summed E-state index contributed by atoms with van der Waals surface area (Å²) in [5.41, 5.74) is 9.60. The van der Waals surface area contributed by atoms with Crippen molar-refractivity contribution in [3.05, 3.63) is 281 Å². The van der Waals surface area contributed by atoms with Crippen LogP contribution in [0.3, 0.4) is 0 Å². The minimum Gasteiger partial charge on any atom is -0.444 e. The van der Waals surface area contributed by atoms with E-state index in [9.17, 15) is 17.6 Å². The predicted octanol–water partition coefficient (Wildman–Crippen LogP) is 15.4. The second-order valence-corrected chi connectivity index (χ2v) is 25.9. The minimum atomic E-state index is -3.88. The SMILES string of the molecule is CC(C)(C)OC(=O)N(CCSC(c1ccccc1)(c1ccccc1)c1ccccc1)CCN(CCCCCCc1cc(-c2ccc(F)cc2)n(-c2ccc(S(N)(=O)=O)cc2)n1)CCSC(c1ccccc1)(c1ccccc1)c1ccccc1. The standard InChI is InChI=1S/C70H74FN5O4S3/c1-68(2,3)80-67(77)75(51-53-82-70(59-32-18-9-19-33-59,60-34-20-10-21-35-60)61-36-22-11-23-37-61)49-48-74(50-52-81-69(56-26-12-6-13-27-56,57-28-14-7-15-29-57)58-30-16-8-17-31-58)47-25-5-4-24-38-63-54-66(55-39-41-62(71)42-40-55)76(73-63)64-43-45-65(46-44-64)83(72,78)79/h6-23,26-37,39-46,54H,4-5,24-25,38,47-53H2,1-3H3,(H2,72,78,79). The lowest BCUT2D eigenvalue weighted by Crippen LogP contribution is -2.43. The van der Waals surface area contributed by atoms with Gasteiger partial charge in [-0.3, -0.25) is 0 Å². The Kier molecular flexibility index (Phi) is 20.6. The van der Waals surface area contributed by atoms with Crippen molar-refractivity contribution in [1.29, 1.82) is 0 Å². The topological polar surface area (TPSA) is 111 Å². The summed E-state index contributed by atoms with van der Waals surface area (Å²) in [5, 5.41) is 10.4. The van der Waals surface area contributed by atoms with Crippen molar-refractivity contribution in [3.63, 3.8) is 0 Å². The Morgan fingerprint density at radius 1 is 0.530 bits per heavy atom. The fraction of sp³-hybridized carbons (Fsp3) is 0.257. The van der Waals surface area contributed by atoms with Gasteiger partial charge in [-0.25, -0.2) is 27.4 Å². The van der Waals surface area contributed by atoms with E-state index >= 15 is 0 Å². The molecule has 0 aliphatic heterocycles. The Morgan fingerprint density at radius 3 is 1.37 bits per heavy atom. The second kappa shape index (κ2) is 28.3. The maximum absolute atomic E-state index is 14.5. The number of rotatable bonds is 27. The molecule has 0 saturated carbocycles. The highest BCUT2D eigenvalue weighted by Crippen LogP contribution is 2.50. The van der Waals surface area contributed by atoms with Gasteiger partial charge in [0, 0.05) is 43.2 Å². The average molecular weight is 1160 g/mol. The normalized spacial score (nSPS) is 12.1. The van der Waals surface area contributed by atoms with E-state index in [0.717, 1.165) is 67.9 Å². The third-order valence-electron chi connectivity index (χ3n) is 14.8. The molecule has 0 atom stereocenters. The van der Waals surface area contributed by atoms with Gasteiger partial charge in [0.25, 0.3) is 0 Å². The van der Waals surface area contributed by atoms with Crippen LogP contribution in [0.4, 0.5) is 9.18 Å². The largest absolute Gasteiger partial charge is 0.444 e. The number of halogens is 1. The molecular weight excluding hydrogens is 1090 g/mol. The summed E-state index contributed by atoms with van der Waals surface area (Å²) < 4.78 is 45.2. The summed E-state index contributed by atoms with van der Waals surface area (Å²) in [4.78, 5) is 18.9. The van der Waals surface area contributed by atoms with Gasteiger partial charge in [0.2, 0.25) is 10.0 Å². The van der Waals surface area contributed by atoms with Crippen LogP contribution in [0.1, 0.15) is 85.5 Å². The van der Waals surface area contributed by atoms with E-state index in [1.54, 1.807) is 28.9 Å². The third-order valence-corrected chi connectivity index (χ3v) is 18.8. The summed E-state index contributed by atoms with van der Waals surface area (Å²) in [7, 11) is -3.88. The molecule has 13 heteroatoms. The zero-order valence-corrected chi connectivity index (χ0v) is 50.1. The van der Waals surface area contributed by atoms with Crippen LogP contribution in [-0.2, 0) is 30.7 Å². The Labute approximate surface area is 499 Å². The molecule has 9 nitrogen and oxygen atoms in total. The molecule has 0 aliphatic carbocycles. The molecule has 1 heterocycles. The van der Waals surface area contributed by atoms with Crippen LogP contribution >= 0.6 is 23.5 Å². The van der Waals surface area contributed by atoms with Gasteiger partial charge in [-0.2, -0.15) is 5.10 Å². The van der Waals surface area contributed by atoms with Crippen molar-refractivity contribution in [2.24, 2.45) is 5.14 Å². The number of hydrogen-bond donors (Lipinski definition) is 1.